The van der Waals surface area contributed by atoms with E-state index in [1.807, 2.05) is 49.8 Å². The van der Waals surface area contributed by atoms with Gasteiger partial charge in [0.1, 0.15) is 0 Å². The molecule has 0 saturated carbocycles. The number of fused-ring (bicyclic) bond motifs is 1. The van der Waals surface area contributed by atoms with E-state index < -0.39 is 0 Å². The second kappa shape index (κ2) is 6.91. The third-order valence-electron chi connectivity index (χ3n) is 4.22. The van der Waals surface area contributed by atoms with E-state index in [4.69, 9.17) is 0 Å². The molecule has 0 aliphatic rings. The Hall–Kier alpha value is -2.56. The molecular formula is C19H24N4O. The molecule has 3 aromatic rings. The van der Waals surface area contributed by atoms with Crippen LogP contribution in [0.2, 0.25) is 0 Å². The first kappa shape index (κ1) is 16.3. The Morgan fingerprint density at radius 2 is 2.04 bits per heavy atom. The smallest absolute Gasteiger partial charge is 0.222 e. The maximum atomic E-state index is 12.2. The molecule has 1 unspecified atom stereocenters. The van der Waals surface area contributed by atoms with Crippen LogP contribution in [0.15, 0.2) is 42.6 Å². The van der Waals surface area contributed by atoms with Crippen LogP contribution < -0.4 is 5.32 Å². The molecule has 0 fully saturated rings. The molecule has 2 heterocycles. The molecule has 24 heavy (non-hydrogen) atoms. The Morgan fingerprint density at radius 3 is 2.79 bits per heavy atom. The Morgan fingerprint density at radius 1 is 1.25 bits per heavy atom. The third kappa shape index (κ3) is 3.67. The van der Waals surface area contributed by atoms with Crippen LogP contribution in [0.3, 0.4) is 0 Å². The molecule has 5 heteroatoms. The van der Waals surface area contributed by atoms with Gasteiger partial charge in [0.15, 0.2) is 0 Å². The van der Waals surface area contributed by atoms with Gasteiger partial charge in [0.2, 0.25) is 5.91 Å². The molecule has 0 saturated heterocycles. The topological polar surface area (TPSA) is 51.9 Å². The van der Waals surface area contributed by atoms with Crippen molar-refractivity contribution in [3.63, 3.8) is 0 Å². The number of amides is 1. The van der Waals surface area contributed by atoms with E-state index >= 15 is 0 Å². The number of hydrogen-bond donors (Lipinski definition) is 1. The molecule has 0 spiro atoms. The fourth-order valence-electron chi connectivity index (χ4n) is 3.07. The van der Waals surface area contributed by atoms with E-state index in [9.17, 15) is 4.79 Å². The van der Waals surface area contributed by atoms with Crippen LogP contribution in [0, 0.1) is 13.8 Å². The molecule has 0 aliphatic heterocycles. The summed E-state index contributed by atoms with van der Waals surface area (Å²) >= 11 is 0. The standard InChI is InChI=1S/C19H24N4O/c1-14-12-16(3)23(21-14)13-15(2)20-19(24)9-11-22-10-8-17-6-4-5-7-18(17)22/h4-8,10,12,15H,9,11,13H2,1-3H3,(H,20,24). The minimum atomic E-state index is 0.0527. The predicted octanol–water partition coefficient (Wildman–Crippen LogP) is 3.05. The summed E-state index contributed by atoms with van der Waals surface area (Å²) in [6.45, 7) is 7.41. The fourth-order valence-corrected chi connectivity index (χ4v) is 3.07. The first-order valence-corrected chi connectivity index (χ1v) is 8.37. The van der Waals surface area contributed by atoms with Crippen LogP contribution in [0.5, 0.6) is 0 Å². The van der Waals surface area contributed by atoms with Gasteiger partial charge in [0, 0.05) is 36.4 Å². The van der Waals surface area contributed by atoms with Gasteiger partial charge < -0.3 is 9.88 Å². The number of hydrogen-bond acceptors (Lipinski definition) is 2. The summed E-state index contributed by atoms with van der Waals surface area (Å²) in [6.07, 6.45) is 2.51. The lowest BCUT2D eigenvalue weighted by Gasteiger charge is -2.15. The van der Waals surface area contributed by atoms with E-state index in [-0.39, 0.29) is 11.9 Å². The second-order valence-corrected chi connectivity index (χ2v) is 6.40. The highest BCUT2D eigenvalue weighted by molar-refractivity contribution is 5.80. The lowest BCUT2D eigenvalue weighted by molar-refractivity contribution is -0.122. The molecule has 1 N–H and O–H groups in total. The van der Waals surface area contributed by atoms with Crippen molar-refractivity contribution >= 4 is 16.8 Å². The van der Waals surface area contributed by atoms with Crippen molar-refractivity contribution in [2.24, 2.45) is 0 Å². The second-order valence-electron chi connectivity index (χ2n) is 6.40. The lowest BCUT2D eigenvalue weighted by Crippen LogP contribution is -2.36. The average Bonchev–Trinajstić information content (AvgIpc) is 3.08. The summed E-state index contributed by atoms with van der Waals surface area (Å²) in [5.41, 5.74) is 3.29. The normalized spacial score (nSPS) is 12.5. The van der Waals surface area contributed by atoms with Gasteiger partial charge in [0.25, 0.3) is 0 Å². The van der Waals surface area contributed by atoms with Crippen molar-refractivity contribution < 1.29 is 4.79 Å². The molecule has 5 nitrogen and oxygen atoms in total. The number of para-hydroxylation sites is 1. The number of nitrogens with one attached hydrogen (secondary N) is 1. The summed E-state index contributed by atoms with van der Waals surface area (Å²) in [4.78, 5) is 12.2. The number of aryl methyl sites for hydroxylation is 3. The number of carbonyl (C=O) groups is 1. The van der Waals surface area contributed by atoms with Gasteiger partial charge in [0.05, 0.1) is 12.2 Å². The summed E-state index contributed by atoms with van der Waals surface area (Å²) in [6, 6.07) is 12.4. The minimum absolute atomic E-state index is 0.0527. The highest BCUT2D eigenvalue weighted by Crippen LogP contribution is 2.15. The Kier molecular flexibility index (Phi) is 4.69. The number of rotatable bonds is 6. The van der Waals surface area contributed by atoms with Gasteiger partial charge in [-0.05, 0) is 44.4 Å². The molecule has 126 valence electrons. The highest BCUT2D eigenvalue weighted by Gasteiger charge is 2.11. The van der Waals surface area contributed by atoms with Gasteiger partial charge >= 0.3 is 0 Å². The summed E-state index contributed by atoms with van der Waals surface area (Å²) in [7, 11) is 0. The van der Waals surface area contributed by atoms with Gasteiger partial charge in [-0.25, -0.2) is 0 Å². The molecule has 2 aromatic heterocycles. The Balaban J connectivity index is 1.53. The van der Waals surface area contributed by atoms with Gasteiger partial charge in [-0.3, -0.25) is 9.48 Å². The lowest BCUT2D eigenvalue weighted by atomic mass is 10.2. The van der Waals surface area contributed by atoms with E-state index in [0.29, 0.717) is 19.5 Å². The zero-order valence-corrected chi connectivity index (χ0v) is 14.5. The van der Waals surface area contributed by atoms with Crippen LogP contribution >= 0.6 is 0 Å². The number of benzene rings is 1. The molecule has 0 aliphatic carbocycles. The van der Waals surface area contributed by atoms with E-state index in [0.717, 1.165) is 11.4 Å². The number of aromatic nitrogens is 3. The SMILES string of the molecule is Cc1cc(C)n(CC(C)NC(=O)CCn2ccc3ccccc32)n1. The third-order valence-corrected chi connectivity index (χ3v) is 4.22. The summed E-state index contributed by atoms with van der Waals surface area (Å²) in [5.74, 6) is 0.0711. The van der Waals surface area contributed by atoms with Crippen molar-refractivity contribution in [3.8, 4) is 0 Å². The van der Waals surface area contributed by atoms with E-state index in [1.54, 1.807) is 0 Å². The van der Waals surface area contributed by atoms with Crippen molar-refractivity contribution in [2.75, 3.05) is 0 Å². The largest absolute Gasteiger partial charge is 0.352 e. The van der Waals surface area contributed by atoms with Crippen molar-refractivity contribution in [1.82, 2.24) is 19.7 Å². The average molecular weight is 324 g/mol. The highest BCUT2D eigenvalue weighted by atomic mass is 16.1. The van der Waals surface area contributed by atoms with Crippen molar-refractivity contribution in [1.29, 1.82) is 0 Å². The summed E-state index contributed by atoms with van der Waals surface area (Å²) < 4.78 is 4.07. The van der Waals surface area contributed by atoms with Crippen LogP contribution in [-0.2, 0) is 17.9 Å². The van der Waals surface area contributed by atoms with E-state index in [2.05, 4.69) is 33.2 Å². The van der Waals surface area contributed by atoms with Gasteiger partial charge in [-0.15, -0.1) is 0 Å². The maximum absolute atomic E-state index is 12.2. The molecule has 0 bridgehead atoms. The van der Waals surface area contributed by atoms with Crippen LogP contribution in [0.1, 0.15) is 24.7 Å². The maximum Gasteiger partial charge on any atom is 0.222 e. The first-order chi connectivity index (χ1) is 11.5. The first-order valence-electron chi connectivity index (χ1n) is 8.37. The van der Waals surface area contributed by atoms with Gasteiger partial charge in [-0.1, -0.05) is 18.2 Å². The Labute approximate surface area is 142 Å². The predicted molar refractivity (Wildman–Crippen MR) is 95.9 cm³/mol. The number of carbonyl (C=O) groups excluding carboxylic acids is 1. The summed E-state index contributed by atoms with van der Waals surface area (Å²) in [5, 5.41) is 8.71. The van der Waals surface area contributed by atoms with Crippen LogP contribution in [-0.4, -0.2) is 26.3 Å². The quantitative estimate of drug-likeness (QED) is 0.758. The molecule has 1 aromatic carbocycles. The molecule has 0 radical (unpaired) electrons. The van der Waals surface area contributed by atoms with Gasteiger partial charge in [-0.2, -0.15) is 5.10 Å². The fraction of sp³-hybridized carbons (Fsp3) is 0.368. The zero-order valence-electron chi connectivity index (χ0n) is 14.5. The molecular weight excluding hydrogens is 300 g/mol. The monoisotopic (exact) mass is 324 g/mol. The zero-order chi connectivity index (χ0) is 17.1. The van der Waals surface area contributed by atoms with Crippen molar-refractivity contribution in [2.45, 2.75) is 46.3 Å². The Bertz CT molecular complexity index is 846. The van der Waals surface area contributed by atoms with Crippen LogP contribution in [0.4, 0.5) is 0 Å². The molecule has 1 atom stereocenters. The molecule has 1 amide bonds. The number of nitrogens with zero attached hydrogens (tertiary/aromatic N) is 3. The molecule has 3 rings (SSSR count). The van der Waals surface area contributed by atoms with Crippen LogP contribution in [0.25, 0.3) is 10.9 Å². The minimum Gasteiger partial charge on any atom is -0.352 e. The van der Waals surface area contributed by atoms with E-state index in [1.165, 1.54) is 10.9 Å². The van der Waals surface area contributed by atoms with Crippen molar-refractivity contribution in [3.05, 3.63) is 54.0 Å².